The van der Waals surface area contributed by atoms with Crippen LogP contribution in [0.4, 0.5) is 0 Å². The smallest absolute Gasteiger partial charge is 0.329 e. The van der Waals surface area contributed by atoms with Crippen LogP contribution >= 0.6 is 11.8 Å². The van der Waals surface area contributed by atoms with Gasteiger partial charge in [0, 0.05) is 25.0 Å². The largest absolute Gasteiger partial charge is 0.464 e. The molecule has 0 radical (unpaired) electrons. The summed E-state index contributed by atoms with van der Waals surface area (Å²) in [6.45, 7) is 4.27. The van der Waals surface area contributed by atoms with Crippen LogP contribution in [0, 0.1) is 0 Å². The highest BCUT2D eigenvalue weighted by Gasteiger charge is 2.31. The minimum Gasteiger partial charge on any atom is -0.464 e. The van der Waals surface area contributed by atoms with Crippen LogP contribution in [0.3, 0.4) is 0 Å². The highest BCUT2D eigenvalue weighted by molar-refractivity contribution is 7.99. The number of hydrogen-bond acceptors (Lipinski definition) is 4. The molecule has 5 heteroatoms. The fourth-order valence-electron chi connectivity index (χ4n) is 1.41. The van der Waals surface area contributed by atoms with Gasteiger partial charge in [-0.15, -0.1) is 0 Å². The fourth-order valence-corrected chi connectivity index (χ4v) is 2.45. The van der Waals surface area contributed by atoms with E-state index in [-0.39, 0.29) is 17.9 Å². The van der Waals surface area contributed by atoms with Gasteiger partial charge in [-0.05, 0) is 6.92 Å². The number of hydrogen-bond donors (Lipinski definition) is 0. The molecule has 0 aromatic carbocycles. The van der Waals surface area contributed by atoms with E-state index in [4.69, 9.17) is 4.74 Å². The number of nitrogens with zero attached hydrogens (tertiary/aromatic N) is 1. The second-order valence-corrected chi connectivity index (χ2v) is 4.21. The lowest BCUT2D eigenvalue weighted by Gasteiger charge is -2.32. The summed E-state index contributed by atoms with van der Waals surface area (Å²) in [5.41, 5.74) is 0. The third-order valence-electron chi connectivity index (χ3n) is 2.09. The quantitative estimate of drug-likeness (QED) is 0.632. The second kappa shape index (κ2) is 5.24. The number of esters is 1. The molecular formula is C9H15NO3S. The summed E-state index contributed by atoms with van der Waals surface area (Å²) in [5.74, 6) is 1.21. The lowest BCUT2D eigenvalue weighted by atomic mass is 10.2. The Morgan fingerprint density at radius 1 is 1.57 bits per heavy atom. The van der Waals surface area contributed by atoms with E-state index in [9.17, 15) is 9.59 Å². The van der Waals surface area contributed by atoms with Gasteiger partial charge >= 0.3 is 5.97 Å². The molecule has 1 heterocycles. The monoisotopic (exact) mass is 217 g/mol. The van der Waals surface area contributed by atoms with Crippen molar-refractivity contribution < 1.29 is 14.3 Å². The molecule has 1 unspecified atom stereocenters. The molecule has 1 saturated heterocycles. The maximum absolute atomic E-state index is 11.5. The van der Waals surface area contributed by atoms with Crippen LogP contribution in [0.2, 0.25) is 0 Å². The lowest BCUT2D eigenvalue weighted by molar-refractivity contribution is -0.153. The molecule has 0 aliphatic carbocycles. The van der Waals surface area contributed by atoms with E-state index in [1.807, 2.05) is 0 Å². The third-order valence-corrected chi connectivity index (χ3v) is 3.11. The highest BCUT2D eigenvalue weighted by Crippen LogP contribution is 2.17. The third kappa shape index (κ3) is 2.64. The van der Waals surface area contributed by atoms with Crippen LogP contribution in [-0.4, -0.2) is 47.5 Å². The molecule has 0 saturated carbocycles. The summed E-state index contributed by atoms with van der Waals surface area (Å²) in [5, 5.41) is 0. The highest BCUT2D eigenvalue weighted by atomic mass is 32.2. The average molecular weight is 217 g/mol. The number of amides is 1. The molecule has 1 fully saturated rings. The first-order valence-corrected chi connectivity index (χ1v) is 5.84. The van der Waals surface area contributed by atoms with Crippen molar-refractivity contribution in [2.45, 2.75) is 19.9 Å². The molecule has 0 aromatic heterocycles. The predicted molar refractivity (Wildman–Crippen MR) is 55.1 cm³/mol. The predicted octanol–water partition coefficient (Wildman–Crippen LogP) is 0.513. The molecular weight excluding hydrogens is 202 g/mol. The summed E-state index contributed by atoms with van der Waals surface area (Å²) < 4.78 is 4.92. The van der Waals surface area contributed by atoms with Gasteiger partial charge in [0.1, 0.15) is 6.04 Å². The topological polar surface area (TPSA) is 46.6 Å². The maximum atomic E-state index is 11.5. The average Bonchev–Trinajstić information content (AvgIpc) is 2.18. The van der Waals surface area contributed by atoms with Gasteiger partial charge in [-0.25, -0.2) is 4.79 Å². The van der Waals surface area contributed by atoms with Crippen molar-refractivity contribution in [3.8, 4) is 0 Å². The van der Waals surface area contributed by atoms with Crippen molar-refractivity contribution in [2.24, 2.45) is 0 Å². The molecule has 14 heavy (non-hydrogen) atoms. The summed E-state index contributed by atoms with van der Waals surface area (Å²) in [6, 6.07) is -0.383. The van der Waals surface area contributed by atoms with Gasteiger partial charge in [-0.3, -0.25) is 4.79 Å². The van der Waals surface area contributed by atoms with Crippen molar-refractivity contribution in [3.05, 3.63) is 0 Å². The van der Waals surface area contributed by atoms with E-state index in [2.05, 4.69) is 0 Å². The van der Waals surface area contributed by atoms with Crippen molar-refractivity contribution in [1.82, 2.24) is 4.90 Å². The zero-order valence-corrected chi connectivity index (χ0v) is 9.30. The molecule has 0 bridgehead atoms. The van der Waals surface area contributed by atoms with Gasteiger partial charge in [-0.2, -0.15) is 11.8 Å². The Morgan fingerprint density at radius 3 is 2.86 bits per heavy atom. The zero-order valence-electron chi connectivity index (χ0n) is 8.49. The number of carbonyl (C=O) groups excluding carboxylic acids is 2. The fraction of sp³-hybridized carbons (Fsp3) is 0.778. The Bertz CT molecular complexity index is 232. The van der Waals surface area contributed by atoms with Gasteiger partial charge in [0.15, 0.2) is 0 Å². The van der Waals surface area contributed by atoms with Crippen molar-refractivity contribution in [1.29, 1.82) is 0 Å². The van der Waals surface area contributed by atoms with Crippen molar-refractivity contribution in [3.63, 3.8) is 0 Å². The van der Waals surface area contributed by atoms with Gasteiger partial charge < -0.3 is 9.64 Å². The lowest BCUT2D eigenvalue weighted by Crippen LogP contribution is -2.50. The van der Waals surface area contributed by atoms with Gasteiger partial charge in [-0.1, -0.05) is 0 Å². The Balaban J connectivity index is 2.62. The molecule has 0 spiro atoms. The van der Waals surface area contributed by atoms with Crippen LogP contribution in [-0.2, 0) is 14.3 Å². The second-order valence-electron chi connectivity index (χ2n) is 3.06. The van der Waals surface area contributed by atoms with Crippen LogP contribution < -0.4 is 0 Å². The summed E-state index contributed by atoms with van der Waals surface area (Å²) in [6.07, 6.45) is 0. The number of ether oxygens (including phenoxy) is 1. The van der Waals surface area contributed by atoms with Gasteiger partial charge in [0.05, 0.1) is 6.61 Å². The molecule has 1 atom stereocenters. The molecule has 1 aliphatic rings. The van der Waals surface area contributed by atoms with E-state index in [1.165, 1.54) is 6.92 Å². The minimum absolute atomic E-state index is 0.0525. The van der Waals surface area contributed by atoms with Crippen LogP contribution in [0.5, 0.6) is 0 Å². The SMILES string of the molecule is CCOC(=O)C1CSCCN1C(C)=O. The first-order valence-electron chi connectivity index (χ1n) is 4.68. The van der Waals surface area contributed by atoms with Gasteiger partial charge in [0.25, 0.3) is 0 Å². The molecule has 0 aromatic rings. The molecule has 80 valence electrons. The summed E-state index contributed by atoms with van der Waals surface area (Å²) in [4.78, 5) is 24.3. The summed E-state index contributed by atoms with van der Waals surface area (Å²) >= 11 is 1.68. The van der Waals surface area contributed by atoms with Crippen molar-refractivity contribution >= 4 is 23.6 Å². The summed E-state index contributed by atoms with van der Waals surface area (Å²) in [7, 11) is 0. The van der Waals surface area contributed by atoms with Crippen LogP contribution in [0.25, 0.3) is 0 Å². The molecule has 1 aliphatic heterocycles. The van der Waals surface area contributed by atoms with E-state index >= 15 is 0 Å². The first kappa shape index (κ1) is 11.4. The molecule has 0 N–H and O–H groups in total. The molecule has 1 rings (SSSR count). The van der Waals surface area contributed by atoms with Crippen LogP contribution in [0.15, 0.2) is 0 Å². The van der Waals surface area contributed by atoms with E-state index < -0.39 is 0 Å². The molecule has 1 amide bonds. The van der Waals surface area contributed by atoms with E-state index in [0.29, 0.717) is 18.9 Å². The Hall–Kier alpha value is -0.710. The first-order chi connectivity index (χ1) is 6.66. The molecule has 4 nitrogen and oxygen atoms in total. The Labute approximate surface area is 88.0 Å². The van der Waals surface area contributed by atoms with E-state index in [1.54, 1.807) is 23.6 Å². The number of thioether (sulfide) groups is 1. The Morgan fingerprint density at radius 2 is 2.29 bits per heavy atom. The van der Waals surface area contributed by atoms with E-state index in [0.717, 1.165) is 5.75 Å². The number of rotatable bonds is 2. The maximum Gasteiger partial charge on any atom is 0.329 e. The number of carbonyl (C=O) groups is 2. The normalized spacial score (nSPS) is 21.9. The Kier molecular flexibility index (Phi) is 4.25. The zero-order chi connectivity index (χ0) is 10.6. The van der Waals surface area contributed by atoms with Crippen molar-refractivity contribution in [2.75, 3.05) is 24.7 Å². The standard InChI is InChI=1S/C9H15NO3S/c1-3-13-9(12)8-6-14-5-4-10(8)7(2)11/h8H,3-6H2,1-2H3. The van der Waals surface area contributed by atoms with Gasteiger partial charge in [0.2, 0.25) is 5.91 Å². The minimum atomic E-state index is -0.383. The van der Waals surface area contributed by atoms with Crippen LogP contribution in [0.1, 0.15) is 13.8 Å².